The first kappa shape index (κ1) is 19.1. The second-order valence-corrected chi connectivity index (χ2v) is 5.75. The first-order valence-electron chi connectivity index (χ1n) is 7.14. The Bertz CT molecular complexity index is 260. The Morgan fingerprint density at radius 3 is 2.45 bits per heavy atom. The van der Waals surface area contributed by atoms with Gasteiger partial charge in [-0.15, -0.1) is 0 Å². The van der Waals surface area contributed by atoms with Crippen LogP contribution in [0.15, 0.2) is 0 Å². The molecule has 1 atom stereocenters. The van der Waals surface area contributed by atoms with Crippen molar-refractivity contribution in [2.75, 3.05) is 40.0 Å². The van der Waals surface area contributed by atoms with Crippen LogP contribution in [-0.4, -0.2) is 67.7 Å². The molecular weight excluding hydrogens is 260 g/mol. The zero-order valence-electron chi connectivity index (χ0n) is 13.4. The first-order valence-corrected chi connectivity index (χ1v) is 7.14. The van der Waals surface area contributed by atoms with E-state index >= 15 is 0 Å². The summed E-state index contributed by atoms with van der Waals surface area (Å²) in [5.74, 6) is 0. The van der Waals surface area contributed by atoms with Crippen LogP contribution in [0.25, 0.3) is 0 Å². The minimum atomic E-state index is -0.505. The number of rotatable bonds is 9. The first-order chi connectivity index (χ1) is 9.34. The number of alkyl carbamates (subject to hydrolysis) is 1. The second-order valence-electron chi connectivity index (χ2n) is 5.75. The SMILES string of the molecule is CCCN(CCO)[C@H](CNC(=O)OC(C)(C)C)COC. The van der Waals surface area contributed by atoms with Crippen molar-refractivity contribution >= 4 is 6.09 Å². The van der Waals surface area contributed by atoms with Gasteiger partial charge in [0.2, 0.25) is 0 Å². The van der Waals surface area contributed by atoms with Crippen molar-refractivity contribution in [3.63, 3.8) is 0 Å². The third kappa shape index (κ3) is 9.12. The molecule has 0 heterocycles. The lowest BCUT2D eigenvalue weighted by molar-refractivity contribution is 0.0450. The molecule has 0 bridgehead atoms. The fourth-order valence-electron chi connectivity index (χ4n) is 1.89. The maximum atomic E-state index is 11.7. The highest BCUT2D eigenvalue weighted by Crippen LogP contribution is 2.07. The van der Waals surface area contributed by atoms with Gasteiger partial charge in [-0.1, -0.05) is 6.92 Å². The molecule has 0 aromatic rings. The quantitative estimate of drug-likeness (QED) is 0.668. The number of amides is 1. The van der Waals surface area contributed by atoms with E-state index in [4.69, 9.17) is 14.6 Å². The summed E-state index contributed by atoms with van der Waals surface area (Å²) in [4.78, 5) is 13.8. The molecule has 20 heavy (non-hydrogen) atoms. The number of aliphatic hydroxyl groups is 1. The zero-order valence-corrected chi connectivity index (χ0v) is 13.4. The smallest absolute Gasteiger partial charge is 0.407 e. The average molecular weight is 290 g/mol. The Kier molecular flexibility index (Phi) is 9.54. The highest BCUT2D eigenvalue weighted by Gasteiger charge is 2.20. The van der Waals surface area contributed by atoms with E-state index in [1.165, 1.54) is 0 Å². The molecule has 2 N–H and O–H groups in total. The number of nitrogens with zero attached hydrogens (tertiary/aromatic N) is 1. The summed E-state index contributed by atoms with van der Waals surface area (Å²) >= 11 is 0. The van der Waals surface area contributed by atoms with Gasteiger partial charge < -0.3 is 19.9 Å². The molecule has 0 aromatic carbocycles. The van der Waals surface area contributed by atoms with Crippen molar-refractivity contribution in [2.24, 2.45) is 0 Å². The molecule has 0 unspecified atom stereocenters. The topological polar surface area (TPSA) is 71.0 Å². The van der Waals surface area contributed by atoms with E-state index in [-0.39, 0.29) is 12.6 Å². The van der Waals surface area contributed by atoms with Gasteiger partial charge >= 0.3 is 6.09 Å². The maximum Gasteiger partial charge on any atom is 0.407 e. The minimum absolute atomic E-state index is 0.0274. The van der Waals surface area contributed by atoms with Gasteiger partial charge in [0, 0.05) is 20.2 Å². The molecule has 6 nitrogen and oxygen atoms in total. The number of aliphatic hydroxyl groups excluding tert-OH is 1. The third-order valence-corrected chi connectivity index (χ3v) is 2.65. The van der Waals surface area contributed by atoms with E-state index < -0.39 is 11.7 Å². The molecule has 0 saturated heterocycles. The van der Waals surface area contributed by atoms with Crippen LogP contribution in [0.3, 0.4) is 0 Å². The number of carbonyl (C=O) groups is 1. The van der Waals surface area contributed by atoms with Crippen LogP contribution in [-0.2, 0) is 9.47 Å². The van der Waals surface area contributed by atoms with E-state index in [0.717, 1.165) is 13.0 Å². The second kappa shape index (κ2) is 9.96. The maximum absolute atomic E-state index is 11.7. The predicted octanol–water partition coefficient (Wildman–Crippen LogP) is 1.23. The summed E-state index contributed by atoms with van der Waals surface area (Å²) in [6, 6.07) is 0.0274. The van der Waals surface area contributed by atoms with E-state index in [1.807, 2.05) is 20.8 Å². The Morgan fingerprint density at radius 1 is 1.35 bits per heavy atom. The van der Waals surface area contributed by atoms with Gasteiger partial charge in [-0.25, -0.2) is 4.79 Å². The van der Waals surface area contributed by atoms with Crippen LogP contribution in [0, 0.1) is 0 Å². The van der Waals surface area contributed by atoms with E-state index in [2.05, 4.69) is 17.1 Å². The normalized spacial score (nSPS) is 13.3. The number of hydrogen-bond acceptors (Lipinski definition) is 5. The molecule has 0 saturated carbocycles. The molecule has 0 radical (unpaired) electrons. The van der Waals surface area contributed by atoms with Gasteiger partial charge in [-0.05, 0) is 33.7 Å². The minimum Gasteiger partial charge on any atom is -0.444 e. The molecule has 0 aliphatic heterocycles. The van der Waals surface area contributed by atoms with E-state index in [0.29, 0.717) is 19.7 Å². The fraction of sp³-hybridized carbons (Fsp3) is 0.929. The van der Waals surface area contributed by atoms with E-state index in [1.54, 1.807) is 7.11 Å². The number of carbonyl (C=O) groups excluding carboxylic acids is 1. The van der Waals surface area contributed by atoms with Crippen molar-refractivity contribution in [3.8, 4) is 0 Å². The van der Waals surface area contributed by atoms with Crippen LogP contribution in [0.4, 0.5) is 4.79 Å². The Balaban J connectivity index is 4.40. The standard InChI is InChI=1S/C14H30N2O4/c1-6-7-16(8-9-17)12(11-19-5)10-15-13(18)20-14(2,3)4/h12,17H,6-11H2,1-5H3,(H,15,18)/t12-/m1/s1. The molecule has 120 valence electrons. The predicted molar refractivity (Wildman–Crippen MR) is 78.9 cm³/mol. The molecule has 6 heteroatoms. The van der Waals surface area contributed by atoms with Gasteiger partial charge in [0.05, 0.1) is 19.3 Å². The Hall–Kier alpha value is -0.850. The lowest BCUT2D eigenvalue weighted by Gasteiger charge is -2.31. The van der Waals surface area contributed by atoms with Gasteiger partial charge in [-0.3, -0.25) is 4.90 Å². The van der Waals surface area contributed by atoms with Gasteiger partial charge in [0.15, 0.2) is 0 Å². The van der Waals surface area contributed by atoms with Crippen LogP contribution in [0.5, 0.6) is 0 Å². The number of ether oxygens (including phenoxy) is 2. The summed E-state index contributed by atoms with van der Waals surface area (Å²) in [6.07, 6.45) is 0.547. The van der Waals surface area contributed by atoms with E-state index in [9.17, 15) is 4.79 Å². The number of hydrogen-bond donors (Lipinski definition) is 2. The summed E-state index contributed by atoms with van der Waals surface area (Å²) in [6.45, 7) is 10.0. The van der Waals surface area contributed by atoms with Crippen molar-refractivity contribution in [2.45, 2.75) is 45.8 Å². The van der Waals surface area contributed by atoms with Crippen LogP contribution < -0.4 is 5.32 Å². The molecule has 0 aliphatic rings. The highest BCUT2D eigenvalue weighted by molar-refractivity contribution is 5.67. The molecule has 0 rings (SSSR count). The van der Waals surface area contributed by atoms with Crippen molar-refractivity contribution in [3.05, 3.63) is 0 Å². The van der Waals surface area contributed by atoms with Crippen LogP contribution >= 0.6 is 0 Å². The number of methoxy groups -OCH3 is 1. The lowest BCUT2D eigenvalue weighted by atomic mass is 10.2. The van der Waals surface area contributed by atoms with Gasteiger partial charge in [-0.2, -0.15) is 0 Å². The molecule has 1 amide bonds. The number of nitrogens with one attached hydrogen (secondary N) is 1. The summed E-state index contributed by atoms with van der Waals surface area (Å²) in [7, 11) is 1.63. The zero-order chi connectivity index (χ0) is 15.6. The Morgan fingerprint density at radius 2 is 2.00 bits per heavy atom. The molecule has 0 aromatic heterocycles. The van der Waals surface area contributed by atoms with Crippen LogP contribution in [0.2, 0.25) is 0 Å². The largest absolute Gasteiger partial charge is 0.444 e. The van der Waals surface area contributed by atoms with Gasteiger partial charge in [0.1, 0.15) is 5.60 Å². The monoisotopic (exact) mass is 290 g/mol. The third-order valence-electron chi connectivity index (χ3n) is 2.65. The lowest BCUT2D eigenvalue weighted by Crippen LogP contribution is -2.48. The average Bonchev–Trinajstić information content (AvgIpc) is 2.32. The molecule has 0 fully saturated rings. The fourth-order valence-corrected chi connectivity index (χ4v) is 1.89. The van der Waals surface area contributed by atoms with Crippen molar-refractivity contribution < 1.29 is 19.4 Å². The van der Waals surface area contributed by atoms with Crippen molar-refractivity contribution in [1.29, 1.82) is 0 Å². The highest BCUT2D eigenvalue weighted by atomic mass is 16.6. The summed E-state index contributed by atoms with van der Waals surface area (Å²) in [5.41, 5.74) is -0.505. The Labute approximate surface area is 122 Å². The summed E-state index contributed by atoms with van der Waals surface area (Å²) < 4.78 is 10.4. The molecule has 0 aliphatic carbocycles. The van der Waals surface area contributed by atoms with Crippen molar-refractivity contribution in [1.82, 2.24) is 10.2 Å². The van der Waals surface area contributed by atoms with Crippen LogP contribution in [0.1, 0.15) is 34.1 Å². The molecular formula is C14H30N2O4. The molecule has 0 spiro atoms. The summed E-state index contributed by atoms with van der Waals surface area (Å²) in [5, 5.41) is 11.9. The van der Waals surface area contributed by atoms with Gasteiger partial charge in [0.25, 0.3) is 0 Å².